The van der Waals surface area contributed by atoms with E-state index in [2.05, 4.69) is 174 Å². The van der Waals surface area contributed by atoms with Gasteiger partial charge < -0.3 is 0 Å². The molecule has 8 aromatic carbocycles. The maximum absolute atomic E-state index is 5.21. The molecule has 10 rings (SSSR count). The molecule has 0 bridgehead atoms. The van der Waals surface area contributed by atoms with Crippen LogP contribution in [0.1, 0.15) is 0 Å². The SMILES string of the molecule is c1ccc(-c2ccccc2-c2c3ccccc3c(-c3ccc(-c4nc5ccc6ccccc6c5n4-c4ccccn4)cc3)c3ccccc23)cc1. The van der Waals surface area contributed by atoms with Crippen LogP contribution in [-0.2, 0) is 0 Å². The Labute approximate surface area is 295 Å². The Bertz CT molecular complexity index is 2830. The van der Waals surface area contributed by atoms with Gasteiger partial charge in [-0.2, -0.15) is 0 Å². The molecule has 0 saturated heterocycles. The Morgan fingerprint density at radius 3 is 1.63 bits per heavy atom. The Morgan fingerprint density at radius 2 is 0.941 bits per heavy atom. The molecule has 2 aromatic heterocycles. The molecule has 0 saturated carbocycles. The van der Waals surface area contributed by atoms with Crippen LogP contribution in [0.3, 0.4) is 0 Å². The fraction of sp³-hybridized carbons (Fsp3) is 0. The van der Waals surface area contributed by atoms with Crippen LogP contribution in [0, 0.1) is 0 Å². The molecule has 0 atom stereocenters. The Morgan fingerprint density at radius 1 is 0.373 bits per heavy atom. The Kier molecular flexibility index (Phi) is 6.81. The first-order valence-electron chi connectivity index (χ1n) is 17.3. The lowest BCUT2D eigenvalue weighted by atomic mass is 9.84. The summed E-state index contributed by atoms with van der Waals surface area (Å²) in [5, 5.41) is 7.27. The van der Waals surface area contributed by atoms with Crippen molar-refractivity contribution < 1.29 is 0 Å². The summed E-state index contributed by atoms with van der Waals surface area (Å²) in [7, 11) is 0. The van der Waals surface area contributed by atoms with Crippen molar-refractivity contribution in [2.45, 2.75) is 0 Å². The van der Waals surface area contributed by atoms with Crippen LogP contribution in [0.5, 0.6) is 0 Å². The number of imidazole rings is 1. The Balaban J connectivity index is 1.19. The molecule has 0 aliphatic heterocycles. The first-order chi connectivity index (χ1) is 25.3. The monoisotopic (exact) mass is 649 g/mol. The second-order valence-corrected chi connectivity index (χ2v) is 12.9. The normalized spacial score (nSPS) is 11.5. The van der Waals surface area contributed by atoms with Gasteiger partial charge in [-0.25, -0.2) is 9.97 Å². The summed E-state index contributed by atoms with van der Waals surface area (Å²) in [5.74, 6) is 1.72. The molecule has 0 radical (unpaired) electrons. The first kappa shape index (κ1) is 29.1. The summed E-state index contributed by atoms with van der Waals surface area (Å²) in [6.45, 7) is 0. The molecule has 3 nitrogen and oxygen atoms in total. The molecule has 0 fully saturated rings. The van der Waals surface area contributed by atoms with Crippen molar-refractivity contribution in [3.63, 3.8) is 0 Å². The van der Waals surface area contributed by atoms with E-state index in [-0.39, 0.29) is 0 Å². The summed E-state index contributed by atoms with van der Waals surface area (Å²) < 4.78 is 2.20. The van der Waals surface area contributed by atoms with Crippen LogP contribution >= 0.6 is 0 Å². The van der Waals surface area contributed by atoms with Crippen LogP contribution in [0.4, 0.5) is 0 Å². The number of aromatic nitrogens is 3. The lowest BCUT2D eigenvalue weighted by Crippen LogP contribution is -2.00. The molecule has 0 aliphatic rings. The third-order valence-electron chi connectivity index (χ3n) is 10.1. The summed E-state index contributed by atoms with van der Waals surface area (Å²) in [4.78, 5) is 9.99. The van der Waals surface area contributed by atoms with Crippen molar-refractivity contribution >= 4 is 43.4 Å². The van der Waals surface area contributed by atoms with Crippen molar-refractivity contribution in [1.82, 2.24) is 14.5 Å². The van der Waals surface area contributed by atoms with Crippen molar-refractivity contribution in [2.24, 2.45) is 0 Å². The van der Waals surface area contributed by atoms with Gasteiger partial charge in [0.1, 0.15) is 11.6 Å². The van der Waals surface area contributed by atoms with E-state index in [0.29, 0.717) is 0 Å². The maximum atomic E-state index is 5.21. The van der Waals surface area contributed by atoms with E-state index in [1.54, 1.807) is 0 Å². The smallest absolute Gasteiger partial charge is 0.146 e. The number of rotatable bonds is 5. The van der Waals surface area contributed by atoms with Crippen LogP contribution in [-0.4, -0.2) is 14.5 Å². The van der Waals surface area contributed by atoms with E-state index in [4.69, 9.17) is 9.97 Å². The molecular weight excluding hydrogens is 619 g/mol. The molecule has 0 unspecified atom stereocenters. The van der Waals surface area contributed by atoms with Gasteiger partial charge in [0.25, 0.3) is 0 Å². The highest BCUT2D eigenvalue weighted by molar-refractivity contribution is 6.22. The summed E-state index contributed by atoms with van der Waals surface area (Å²) in [6, 6.07) is 64.9. The van der Waals surface area contributed by atoms with E-state index < -0.39 is 0 Å². The van der Waals surface area contributed by atoms with Crippen molar-refractivity contribution in [3.8, 4) is 50.6 Å². The minimum absolute atomic E-state index is 0.846. The van der Waals surface area contributed by atoms with Gasteiger partial charge in [0, 0.05) is 17.1 Å². The summed E-state index contributed by atoms with van der Waals surface area (Å²) in [5.41, 5.74) is 10.4. The third kappa shape index (κ3) is 4.74. The maximum Gasteiger partial charge on any atom is 0.146 e. The number of hydrogen-bond acceptors (Lipinski definition) is 2. The van der Waals surface area contributed by atoms with Crippen LogP contribution in [0.15, 0.2) is 188 Å². The lowest BCUT2D eigenvalue weighted by molar-refractivity contribution is 1.03. The number of pyridine rings is 1. The lowest BCUT2D eigenvalue weighted by Gasteiger charge is -2.19. The van der Waals surface area contributed by atoms with E-state index in [1.165, 1.54) is 60.3 Å². The average Bonchev–Trinajstić information content (AvgIpc) is 3.61. The number of nitrogens with zero attached hydrogens (tertiary/aromatic N) is 3. The van der Waals surface area contributed by atoms with Crippen LogP contribution in [0.2, 0.25) is 0 Å². The summed E-state index contributed by atoms with van der Waals surface area (Å²) >= 11 is 0. The zero-order valence-corrected chi connectivity index (χ0v) is 27.7. The van der Waals surface area contributed by atoms with E-state index in [0.717, 1.165) is 33.6 Å². The minimum atomic E-state index is 0.846. The second-order valence-electron chi connectivity index (χ2n) is 12.9. The standard InChI is InChI=1S/C48H31N3/c1-2-14-32(15-3-1)36-17-6-7-19-38(36)46-41-22-10-8-20-39(41)45(40-21-9-11-23-42(40)46)34-25-27-35(28-26-34)48-50-43-30-29-33-16-4-5-18-37(33)47(43)51(48)44-24-12-13-31-49-44/h1-31H. The highest BCUT2D eigenvalue weighted by Crippen LogP contribution is 2.46. The number of fused-ring (bicyclic) bond motifs is 5. The molecule has 0 aliphatic carbocycles. The molecule has 0 spiro atoms. The Hall–Kier alpha value is -6.84. The molecule has 238 valence electrons. The van der Waals surface area contributed by atoms with E-state index in [1.807, 2.05) is 18.3 Å². The fourth-order valence-electron chi connectivity index (χ4n) is 7.83. The quantitative estimate of drug-likeness (QED) is 0.174. The molecule has 0 N–H and O–H groups in total. The topological polar surface area (TPSA) is 30.7 Å². The van der Waals surface area contributed by atoms with Gasteiger partial charge in [-0.05, 0) is 78.5 Å². The highest BCUT2D eigenvalue weighted by Gasteiger charge is 2.20. The molecule has 51 heavy (non-hydrogen) atoms. The van der Waals surface area contributed by atoms with Gasteiger partial charge in [-0.1, -0.05) is 164 Å². The van der Waals surface area contributed by atoms with Crippen LogP contribution in [0.25, 0.3) is 93.9 Å². The van der Waals surface area contributed by atoms with Gasteiger partial charge in [0.05, 0.1) is 11.0 Å². The third-order valence-corrected chi connectivity index (χ3v) is 10.1. The van der Waals surface area contributed by atoms with Gasteiger partial charge >= 0.3 is 0 Å². The van der Waals surface area contributed by atoms with Crippen molar-refractivity contribution in [3.05, 3.63) is 188 Å². The first-order valence-corrected chi connectivity index (χ1v) is 17.3. The second kappa shape index (κ2) is 11.9. The molecule has 0 amide bonds. The number of hydrogen-bond donors (Lipinski definition) is 0. The molecular formula is C48H31N3. The van der Waals surface area contributed by atoms with Gasteiger partial charge in [0.15, 0.2) is 0 Å². The fourth-order valence-corrected chi connectivity index (χ4v) is 7.83. The van der Waals surface area contributed by atoms with Gasteiger partial charge in [-0.3, -0.25) is 4.57 Å². The van der Waals surface area contributed by atoms with Gasteiger partial charge in [0.2, 0.25) is 0 Å². The zero-order valence-electron chi connectivity index (χ0n) is 27.7. The predicted octanol–water partition coefficient (Wildman–Crippen LogP) is 12.5. The van der Waals surface area contributed by atoms with E-state index >= 15 is 0 Å². The predicted molar refractivity (Wildman–Crippen MR) is 213 cm³/mol. The average molecular weight is 650 g/mol. The molecule has 2 heterocycles. The molecule has 10 aromatic rings. The largest absolute Gasteiger partial charge is 0.276 e. The summed E-state index contributed by atoms with van der Waals surface area (Å²) in [6.07, 6.45) is 1.84. The minimum Gasteiger partial charge on any atom is -0.276 e. The highest BCUT2D eigenvalue weighted by atomic mass is 15.1. The zero-order chi connectivity index (χ0) is 33.7. The van der Waals surface area contributed by atoms with Crippen molar-refractivity contribution in [1.29, 1.82) is 0 Å². The number of benzene rings is 8. The van der Waals surface area contributed by atoms with E-state index in [9.17, 15) is 0 Å². The molecule has 3 heteroatoms. The van der Waals surface area contributed by atoms with Crippen LogP contribution < -0.4 is 0 Å². The van der Waals surface area contributed by atoms with Crippen molar-refractivity contribution in [2.75, 3.05) is 0 Å². The van der Waals surface area contributed by atoms with Gasteiger partial charge in [-0.15, -0.1) is 0 Å².